The molecule has 3 heteroatoms. The van der Waals surface area contributed by atoms with Crippen LogP contribution in [0.25, 0.3) is 0 Å². The van der Waals surface area contributed by atoms with Crippen LogP contribution >= 0.6 is 0 Å². The fourth-order valence-electron chi connectivity index (χ4n) is 2.65. The first kappa shape index (κ1) is 11.1. The van der Waals surface area contributed by atoms with Crippen LogP contribution < -0.4 is 5.32 Å². The molecular formula is C14H21N3. The van der Waals surface area contributed by atoms with Crippen molar-refractivity contribution in [2.75, 3.05) is 0 Å². The van der Waals surface area contributed by atoms with Gasteiger partial charge in [0.2, 0.25) is 0 Å². The molecule has 0 spiro atoms. The maximum atomic E-state index is 4.74. The van der Waals surface area contributed by atoms with Gasteiger partial charge in [0.25, 0.3) is 0 Å². The van der Waals surface area contributed by atoms with Crippen LogP contribution in [0.1, 0.15) is 61.7 Å². The number of rotatable bonds is 4. The van der Waals surface area contributed by atoms with Crippen LogP contribution in [0.5, 0.6) is 0 Å². The summed E-state index contributed by atoms with van der Waals surface area (Å²) in [5.41, 5.74) is 2.29. The molecule has 1 N–H and O–H groups in total. The Labute approximate surface area is 103 Å². The lowest BCUT2D eigenvalue weighted by Gasteiger charge is -2.11. The molecular weight excluding hydrogens is 210 g/mol. The minimum absolute atomic E-state index is 0.620. The number of nitrogens with zero attached hydrogens (tertiary/aromatic N) is 2. The van der Waals surface area contributed by atoms with E-state index in [2.05, 4.69) is 23.3 Å². The molecule has 2 aliphatic carbocycles. The third-order valence-corrected chi connectivity index (χ3v) is 3.79. The Morgan fingerprint density at radius 1 is 1.18 bits per heavy atom. The highest BCUT2D eigenvalue weighted by Gasteiger charge is 2.22. The van der Waals surface area contributed by atoms with E-state index >= 15 is 0 Å². The van der Waals surface area contributed by atoms with Gasteiger partial charge in [-0.15, -0.1) is 0 Å². The average Bonchev–Trinajstić information content (AvgIpc) is 2.98. The minimum atomic E-state index is 0.620. The van der Waals surface area contributed by atoms with Crippen molar-refractivity contribution in [2.45, 2.75) is 64.0 Å². The molecule has 0 atom stereocenters. The Kier molecular flexibility index (Phi) is 3.10. The van der Waals surface area contributed by atoms with Gasteiger partial charge < -0.3 is 5.32 Å². The Morgan fingerprint density at radius 2 is 1.94 bits per heavy atom. The van der Waals surface area contributed by atoms with Gasteiger partial charge in [-0.3, -0.25) is 0 Å². The van der Waals surface area contributed by atoms with Gasteiger partial charge in [0.15, 0.2) is 0 Å². The van der Waals surface area contributed by atoms with Gasteiger partial charge in [0.05, 0.1) is 5.69 Å². The predicted molar refractivity (Wildman–Crippen MR) is 67.8 cm³/mol. The van der Waals surface area contributed by atoms with E-state index in [0.717, 1.165) is 24.1 Å². The first-order valence-corrected chi connectivity index (χ1v) is 6.89. The molecule has 2 fully saturated rings. The van der Waals surface area contributed by atoms with Crippen molar-refractivity contribution >= 4 is 0 Å². The summed E-state index contributed by atoms with van der Waals surface area (Å²) < 4.78 is 0. The van der Waals surface area contributed by atoms with Crippen LogP contribution in [0.2, 0.25) is 0 Å². The standard InChI is InChI=1S/C14H21N3/c1-10-8-13(9-15-12-6-7-12)17-14(16-10)11-4-2-3-5-11/h8,11-12,15H,2-7,9H2,1H3. The fraction of sp³-hybridized carbons (Fsp3) is 0.714. The largest absolute Gasteiger partial charge is 0.308 e. The van der Waals surface area contributed by atoms with Gasteiger partial charge in [-0.05, 0) is 38.7 Å². The number of nitrogens with one attached hydrogen (secondary N) is 1. The van der Waals surface area contributed by atoms with Gasteiger partial charge in [0.1, 0.15) is 5.82 Å². The van der Waals surface area contributed by atoms with E-state index in [4.69, 9.17) is 4.98 Å². The lowest BCUT2D eigenvalue weighted by molar-refractivity contribution is 0.631. The highest BCUT2D eigenvalue weighted by molar-refractivity contribution is 5.13. The van der Waals surface area contributed by atoms with E-state index in [1.165, 1.54) is 44.2 Å². The van der Waals surface area contributed by atoms with E-state index in [1.54, 1.807) is 0 Å². The SMILES string of the molecule is Cc1cc(CNC2CC2)nc(C2CCCC2)n1. The van der Waals surface area contributed by atoms with E-state index in [1.807, 2.05) is 0 Å². The van der Waals surface area contributed by atoms with Crippen LogP contribution in [0.3, 0.4) is 0 Å². The van der Waals surface area contributed by atoms with Crippen LogP contribution in [0.15, 0.2) is 6.07 Å². The molecule has 3 nitrogen and oxygen atoms in total. The Morgan fingerprint density at radius 3 is 2.65 bits per heavy atom. The highest BCUT2D eigenvalue weighted by atomic mass is 15.0. The van der Waals surface area contributed by atoms with Crippen LogP contribution in [0, 0.1) is 6.92 Å². The topological polar surface area (TPSA) is 37.8 Å². The van der Waals surface area contributed by atoms with E-state index < -0.39 is 0 Å². The maximum Gasteiger partial charge on any atom is 0.131 e. The summed E-state index contributed by atoms with van der Waals surface area (Å²) in [6, 6.07) is 2.87. The summed E-state index contributed by atoms with van der Waals surface area (Å²) in [6.45, 7) is 2.99. The zero-order chi connectivity index (χ0) is 11.7. The maximum absolute atomic E-state index is 4.74. The Bertz CT molecular complexity index is 392. The molecule has 0 amide bonds. The summed E-state index contributed by atoms with van der Waals surface area (Å²) in [4.78, 5) is 9.36. The van der Waals surface area contributed by atoms with Crippen LogP contribution in [-0.2, 0) is 6.54 Å². The second kappa shape index (κ2) is 4.73. The molecule has 1 aromatic heterocycles. The fourth-order valence-corrected chi connectivity index (χ4v) is 2.65. The molecule has 3 rings (SSSR count). The molecule has 2 saturated carbocycles. The number of aryl methyl sites for hydroxylation is 1. The Balaban J connectivity index is 1.73. The van der Waals surface area contributed by atoms with Gasteiger partial charge in [0, 0.05) is 24.2 Å². The van der Waals surface area contributed by atoms with Gasteiger partial charge >= 0.3 is 0 Å². The van der Waals surface area contributed by atoms with Crippen molar-refractivity contribution in [3.05, 3.63) is 23.3 Å². The third kappa shape index (κ3) is 2.83. The molecule has 0 unspecified atom stereocenters. The summed E-state index contributed by atoms with van der Waals surface area (Å²) in [5.74, 6) is 1.71. The van der Waals surface area contributed by atoms with Crippen LogP contribution in [-0.4, -0.2) is 16.0 Å². The van der Waals surface area contributed by atoms with Gasteiger partial charge in [-0.2, -0.15) is 0 Å². The van der Waals surface area contributed by atoms with Crippen molar-refractivity contribution in [2.24, 2.45) is 0 Å². The highest BCUT2D eigenvalue weighted by Crippen LogP contribution is 2.32. The molecule has 0 aromatic carbocycles. The van der Waals surface area contributed by atoms with E-state index in [9.17, 15) is 0 Å². The van der Waals surface area contributed by atoms with Gasteiger partial charge in [-0.25, -0.2) is 9.97 Å². The second-order valence-electron chi connectivity index (χ2n) is 5.50. The Hall–Kier alpha value is -0.960. The van der Waals surface area contributed by atoms with E-state index in [-0.39, 0.29) is 0 Å². The smallest absolute Gasteiger partial charge is 0.131 e. The molecule has 92 valence electrons. The second-order valence-corrected chi connectivity index (χ2v) is 5.50. The lowest BCUT2D eigenvalue weighted by Crippen LogP contribution is -2.17. The van der Waals surface area contributed by atoms with Crippen molar-refractivity contribution in [3.8, 4) is 0 Å². The molecule has 17 heavy (non-hydrogen) atoms. The lowest BCUT2D eigenvalue weighted by atomic mass is 10.1. The van der Waals surface area contributed by atoms with Crippen molar-refractivity contribution in [3.63, 3.8) is 0 Å². The first-order chi connectivity index (χ1) is 8.31. The summed E-state index contributed by atoms with van der Waals surface area (Å²) >= 11 is 0. The molecule has 0 radical (unpaired) electrons. The molecule has 1 heterocycles. The number of aromatic nitrogens is 2. The van der Waals surface area contributed by atoms with Crippen molar-refractivity contribution in [1.82, 2.24) is 15.3 Å². The zero-order valence-corrected chi connectivity index (χ0v) is 10.6. The van der Waals surface area contributed by atoms with Crippen molar-refractivity contribution < 1.29 is 0 Å². The quantitative estimate of drug-likeness (QED) is 0.865. The van der Waals surface area contributed by atoms with E-state index in [0.29, 0.717) is 5.92 Å². The third-order valence-electron chi connectivity index (χ3n) is 3.79. The summed E-state index contributed by atoms with van der Waals surface area (Å²) in [5, 5.41) is 3.53. The first-order valence-electron chi connectivity index (χ1n) is 6.89. The van der Waals surface area contributed by atoms with Crippen molar-refractivity contribution in [1.29, 1.82) is 0 Å². The molecule has 1 aromatic rings. The normalized spacial score (nSPS) is 21.0. The molecule has 0 aliphatic heterocycles. The minimum Gasteiger partial charge on any atom is -0.308 e. The molecule has 0 bridgehead atoms. The molecule has 2 aliphatic rings. The monoisotopic (exact) mass is 231 g/mol. The zero-order valence-electron chi connectivity index (χ0n) is 10.6. The number of hydrogen-bond acceptors (Lipinski definition) is 3. The molecule has 0 saturated heterocycles. The summed E-state index contributed by atoms with van der Waals surface area (Å²) in [6.07, 6.45) is 7.91. The predicted octanol–water partition coefficient (Wildman–Crippen LogP) is 2.69. The average molecular weight is 231 g/mol. The summed E-state index contributed by atoms with van der Waals surface area (Å²) in [7, 11) is 0. The number of hydrogen-bond donors (Lipinski definition) is 1. The van der Waals surface area contributed by atoms with Crippen LogP contribution in [0.4, 0.5) is 0 Å². The van der Waals surface area contributed by atoms with Gasteiger partial charge in [-0.1, -0.05) is 12.8 Å².